The van der Waals surface area contributed by atoms with Crippen LogP contribution in [0.25, 0.3) is 10.2 Å². The van der Waals surface area contributed by atoms with E-state index in [-0.39, 0.29) is 0 Å². The van der Waals surface area contributed by atoms with Crippen LogP contribution in [0.15, 0.2) is 14.7 Å². The van der Waals surface area contributed by atoms with Gasteiger partial charge in [-0.1, -0.05) is 0 Å². The molecule has 0 saturated heterocycles. The highest BCUT2D eigenvalue weighted by molar-refractivity contribution is 7.99. The molecule has 0 spiro atoms. The topological polar surface area (TPSA) is 69.1 Å². The van der Waals surface area contributed by atoms with Crippen molar-refractivity contribution in [2.75, 3.05) is 13.1 Å². The minimum absolute atomic E-state index is 0.467. The van der Waals surface area contributed by atoms with E-state index in [1.165, 1.54) is 27.1 Å². The smallest absolute Gasteiger partial charge is 0.282 e. The van der Waals surface area contributed by atoms with E-state index in [0.717, 1.165) is 59.4 Å². The molecule has 8 heteroatoms. The number of rotatable bonds is 7. The fourth-order valence-corrected chi connectivity index (χ4v) is 4.96. The number of nitrogens with zero attached hydrogens (tertiary/aromatic N) is 4. The molecule has 0 aliphatic heterocycles. The van der Waals surface area contributed by atoms with Crippen molar-refractivity contribution in [2.45, 2.75) is 63.2 Å². The van der Waals surface area contributed by atoms with Crippen LogP contribution in [-0.2, 0) is 6.54 Å². The van der Waals surface area contributed by atoms with Gasteiger partial charge in [-0.2, -0.15) is 0 Å². The van der Waals surface area contributed by atoms with E-state index in [1.54, 1.807) is 11.3 Å². The summed E-state index contributed by atoms with van der Waals surface area (Å²) in [5.41, 5.74) is 1.25. The summed E-state index contributed by atoms with van der Waals surface area (Å²) in [4.78, 5) is 13.5. The molecular weight excluding hydrogens is 366 g/mol. The van der Waals surface area contributed by atoms with Crippen molar-refractivity contribution in [1.82, 2.24) is 20.2 Å². The van der Waals surface area contributed by atoms with Gasteiger partial charge in [-0.05, 0) is 57.9 Å². The molecule has 138 valence electrons. The van der Waals surface area contributed by atoms with E-state index in [4.69, 9.17) is 14.4 Å². The largest absolute Gasteiger partial charge is 0.415 e. The molecule has 26 heavy (non-hydrogen) atoms. The van der Waals surface area contributed by atoms with Crippen molar-refractivity contribution >= 4 is 33.3 Å². The van der Waals surface area contributed by atoms with Crippen LogP contribution in [0.1, 0.15) is 54.8 Å². The standard InChI is InChI=1S/C18H23N5OS2/c1-5-23(6-2)9-13-19-16-14(10(3)11(4)25-16)17(20-13)26-18-22-21-15(24-18)12-7-8-12/h12H,5-9H2,1-4H3/p+1. The second-order valence-electron chi connectivity index (χ2n) is 6.82. The maximum atomic E-state index is 5.85. The highest BCUT2D eigenvalue weighted by Gasteiger charge is 2.30. The molecule has 1 aliphatic carbocycles. The maximum absolute atomic E-state index is 5.85. The number of hydrogen-bond acceptors (Lipinski definition) is 7. The average molecular weight is 391 g/mol. The monoisotopic (exact) mass is 390 g/mol. The van der Waals surface area contributed by atoms with Crippen LogP contribution in [0.5, 0.6) is 0 Å². The van der Waals surface area contributed by atoms with Crippen molar-refractivity contribution in [1.29, 1.82) is 0 Å². The second-order valence-corrected chi connectivity index (χ2v) is 8.97. The summed E-state index contributed by atoms with van der Waals surface area (Å²) in [6.45, 7) is 11.6. The number of hydrogen-bond donors (Lipinski definition) is 1. The summed E-state index contributed by atoms with van der Waals surface area (Å²) in [6, 6.07) is 0. The molecule has 3 aromatic heterocycles. The van der Waals surface area contributed by atoms with Gasteiger partial charge in [-0.25, -0.2) is 9.97 Å². The Hall–Kier alpha value is -1.51. The van der Waals surface area contributed by atoms with E-state index < -0.39 is 0 Å². The molecule has 3 aromatic rings. The molecule has 1 fully saturated rings. The van der Waals surface area contributed by atoms with Crippen LogP contribution in [-0.4, -0.2) is 33.3 Å². The van der Waals surface area contributed by atoms with Crippen molar-refractivity contribution in [2.24, 2.45) is 0 Å². The van der Waals surface area contributed by atoms with Crippen molar-refractivity contribution in [3.8, 4) is 0 Å². The number of aromatic nitrogens is 4. The Morgan fingerprint density at radius 3 is 2.62 bits per heavy atom. The molecule has 0 atom stereocenters. The number of aryl methyl sites for hydroxylation is 2. The van der Waals surface area contributed by atoms with Gasteiger partial charge >= 0.3 is 0 Å². The molecule has 4 rings (SSSR count). The Bertz CT molecular complexity index is 927. The van der Waals surface area contributed by atoms with Crippen LogP contribution >= 0.6 is 23.1 Å². The van der Waals surface area contributed by atoms with Crippen LogP contribution in [0.4, 0.5) is 0 Å². The first kappa shape index (κ1) is 17.9. The molecule has 0 radical (unpaired) electrons. The molecule has 1 N–H and O–H groups in total. The van der Waals surface area contributed by atoms with Gasteiger partial charge in [0.05, 0.1) is 13.1 Å². The number of fused-ring (bicyclic) bond motifs is 1. The van der Waals surface area contributed by atoms with Gasteiger partial charge in [-0.3, -0.25) is 0 Å². The fourth-order valence-electron chi connectivity index (χ4n) is 2.97. The van der Waals surface area contributed by atoms with Gasteiger partial charge in [0, 0.05) is 16.2 Å². The Morgan fingerprint density at radius 2 is 1.92 bits per heavy atom. The van der Waals surface area contributed by atoms with Crippen molar-refractivity contribution in [3.63, 3.8) is 0 Å². The molecule has 6 nitrogen and oxygen atoms in total. The van der Waals surface area contributed by atoms with Crippen LogP contribution in [0.2, 0.25) is 0 Å². The summed E-state index contributed by atoms with van der Waals surface area (Å²) >= 11 is 3.21. The van der Waals surface area contributed by atoms with Gasteiger partial charge in [-0.15, -0.1) is 21.5 Å². The first-order chi connectivity index (χ1) is 12.6. The van der Waals surface area contributed by atoms with Crippen LogP contribution in [0.3, 0.4) is 0 Å². The lowest BCUT2D eigenvalue weighted by atomic mass is 10.2. The normalized spacial score (nSPS) is 14.7. The lowest BCUT2D eigenvalue weighted by Gasteiger charge is -2.14. The van der Waals surface area contributed by atoms with E-state index in [9.17, 15) is 0 Å². The highest BCUT2D eigenvalue weighted by atomic mass is 32.2. The zero-order chi connectivity index (χ0) is 18.3. The van der Waals surface area contributed by atoms with Gasteiger partial charge in [0.15, 0.2) is 5.82 Å². The highest BCUT2D eigenvalue weighted by Crippen LogP contribution is 2.42. The summed E-state index contributed by atoms with van der Waals surface area (Å²) in [5.74, 6) is 2.12. The zero-order valence-corrected chi connectivity index (χ0v) is 17.3. The van der Waals surface area contributed by atoms with Gasteiger partial charge < -0.3 is 9.32 Å². The van der Waals surface area contributed by atoms with Gasteiger partial charge in [0.25, 0.3) is 5.22 Å². The minimum atomic E-state index is 0.467. The predicted molar refractivity (Wildman–Crippen MR) is 103 cm³/mol. The molecular formula is C18H24N5OS2+. The third-order valence-corrected chi connectivity index (χ3v) is 6.91. The molecule has 0 bridgehead atoms. The van der Waals surface area contributed by atoms with E-state index in [1.807, 2.05) is 0 Å². The Kier molecular flexibility index (Phi) is 4.98. The molecule has 0 unspecified atom stereocenters. The average Bonchev–Trinajstić information content (AvgIpc) is 3.31. The molecule has 0 aromatic carbocycles. The van der Waals surface area contributed by atoms with Crippen LogP contribution < -0.4 is 4.90 Å². The lowest BCUT2D eigenvalue weighted by Crippen LogP contribution is -3.10. The van der Waals surface area contributed by atoms with Gasteiger partial charge in [0.1, 0.15) is 16.4 Å². The summed E-state index contributed by atoms with van der Waals surface area (Å²) in [6.07, 6.45) is 2.31. The van der Waals surface area contributed by atoms with E-state index in [2.05, 4.69) is 37.9 Å². The predicted octanol–water partition coefficient (Wildman–Crippen LogP) is 3.14. The number of nitrogens with one attached hydrogen (secondary N) is 1. The quantitative estimate of drug-likeness (QED) is 0.625. The van der Waals surface area contributed by atoms with Crippen molar-refractivity contribution < 1.29 is 9.32 Å². The first-order valence-electron chi connectivity index (χ1n) is 9.20. The lowest BCUT2D eigenvalue weighted by molar-refractivity contribution is -0.910. The summed E-state index contributed by atoms with van der Waals surface area (Å²) in [5, 5.41) is 11.1. The minimum Gasteiger partial charge on any atom is -0.415 e. The third-order valence-electron chi connectivity index (χ3n) is 4.98. The maximum Gasteiger partial charge on any atom is 0.282 e. The van der Waals surface area contributed by atoms with Crippen LogP contribution in [0, 0.1) is 13.8 Å². The number of quaternary nitrogens is 1. The fraction of sp³-hybridized carbons (Fsp3) is 0.556. The summed E-state index contributed by atoms with van der Waals surface area (Å²) < 4.78 is 5.85. The molecule has 0 amide bonds. The Morgan fingerprint density at radius 1 is 1.15 bits per heavy atom. The third kappa shape index (κ3) is 3.50. The number of thiophene rings is 1. The summed E-state index contributed by atoms with van der Waals surface area (Å²) in [7, 11) is 0. The van der Waals surface area contributed by atoms with Crippen molar-refractivity contribution in [3.05, 3.63) is 22.2 Å². The molecule has 1 aliphatic rings. The Balaban J connectivity index is 1.71. The zero-order valence-electron chi connectivity index (χ0n) is 15.6. The molecule has 3 heterocycles. The SMILES string of the molecule is CC[NH+](CC)Cc1nc(Sc2nnc(C3CC3)o2)c2c(C)c(C)sc2n1. The van der Waals surface area contributed by atoms with Gasteiger partial charge in [0.2, 0.25) is 5.89 Å². The molecule has 1 saturated carbocycles. The van der Waals surface area contributed by atoms with E-state index in [0.29, 0.717) is 11.1 Å². The second kappa shape index (κ2) is 7.25. The van der Waals surface area contributed by atoms with E-state index >= 15 is 0 Å². The Labute approximate surface area is 161 Å². The first-order valence-corrected chi connectivity index (χ1v) is 10.8.